The van der Waals surface area contributed by atoms with Crippen LogP contribution in [0.2, 0.25) is 0 Å². The summed E-state index contributed by atoms with van der Waals surface area (Å²) in [4.78, 5) is 20.7. The van der Waals surface area contributed by atoms with Crippen molar-refractivity contribution in [2.24, 2.45) is 0 Å². The molecule has 1 aliphatic rings. The number of hydrogen-bond donors (Lipinski definition) is 1. The van der Waals surface area contributed by atoms with Gasteiger partial charge in [-0.25, -0.2) is 0 Å². The summed E-state index contributed by atoms with van der Waals surface area (Å²) in [6, 6.07) is 0. The van der Waals surface area contributed by atoms with Crippen molar-refractivity contribution in [2.75, 3.05) is 0 Å². The molecule has 1 fully saturated rings. The van der Waals surface area contributed by atoms with Crippen LogP contribution in [-0.4, -0.2) is 25.5 Å². The van der Waals surface area contributed by atoms with E-state index >= 15 is 0 Å². The monoisotopic (exact) mass is 137 g/mol. The number of hydrogen-bond acceptors (Lipinski definition) is 2. The summed E-state index contributed by atoms with van der Waals surface area (Å²) in [5.74, 6) is -0.619. The highest BCUT2D eigenvalue weighted by Gasteiger charge is 2.36. The fraction of sp³-hybridized carbons (Fsp3) is 0.667. The minimum atomic E-state index is -0.619. The SMILES string of the molecule is [B]C(=O)NC1(C=O)CCC1. The molecule has 1 rings (SSSR count). The molecule has 0 heterocycles. The van der Waals surface area contributed by atoms with Crippen LogP contribution < -0.4 is 5.32 Å². The summed E-state index contributed by atoms with van der Waals surface area (Å²) >= 11 is 0. The molecule has 0 aromatic carbocycles. The molecule has 0 aliphatic heterocycles. The quantitative estimate of drug-likeness (QED) is 0.429. The van der Waals surface area contributed by atoms with Gasteiger partial charge in [-0.2, -0.15) is 0 Å². The number of rotatable bonds is 2. The van der Waals surface area contributed by atoms with E-state index in [0.29, 0.717) is 0 Å². The predicted octanol–water partition coefficient (Wildman–Crippen LogP) is -0.0139. The number of carbonyl (C=O) groups excluding carboxylic acids is 2. The number of nitrogens with one attached hydrogen (secondary N) is 1. The zero-order valence-corrected chi connectivity index (χ0v) is 5.59. The molecule has 4 heteroatoms. The molecule has 0 aromatic rings. The Kier molecular flexibility index (Phi) is 1.79. The van der Waals surface area contributed by atoms with Crippen molar-refractivity contribution >= 4 is 19.9 Å². The van der Waals surface area contributed by atoms with Crippen LogP contribution >= 0.6 is 0 Å². The Hall–Kier alpha value is -0.795. The summed E-state index contributed by atoms with van der Waals surface area (Å²) in [6.45, 7) is 0. The molecular formula is C6H8BNO2. The maximum atomic E-state index is 10.4. The van der Waals surface area contributed by atoms with Crippen LogP contribution in [0.4, 0.5) is 4.79 Å². The first-order chi connectivity index (χ1) is 4.68. The Bertz CT molecular complexity index is 165. The second-order valence-electron chi connectivity index (χ2n) is 2.62. The Labute approximate surface area is 60.6 Å². The van der Waals surface area contributed by atoms with Gasteiger partial charge < -0.3 is 10.1 Å². The maximum absolute atomic E-state index is 10.4. The van der Waals surface area contributed by atoms with Gasteiger partial charge in [0.25, 0.3) is 0 Å². The van der Waals surface area contributed by atoms with Gasteiger partial charge in [-0.3, -0.25) is 4.79 Å². The minimum absolute atomic E-state index is 0.619. The zero-order valence-electron chi connectivity index (χ0n) is 5.59. The third-order valence-corrected chi connectivity index (χ3v) is 1.84. The van der Waals surface area contributed by atoms with E-state index in [1.807, 2.05) is 0 Å². The maximum Gasteiger partial charge on any atom is 0.200 e. The molecule has 52 valence electrons. The van der Waals surface area contributed by atoms with Crippen LogP contribution in [0, 0.1) is 0 Å². The third kappa shape index (κ3) is 1.20. The van der Waals surface area contributed by atoms with Crippen LogP contribution in [0.15, 0.2) is 0 Å². The van der Waals surface area contributed by atoms with Crippen LogP contribution in [0.5, 0.6) is 0 Å². The topological polar surface area (TPSA) is 46.2 Å². The molecule has 3 nitrogen and oxygen atoms in total. The van der Waals surface area contributed by atoms with E-state index < -0.39 is 11.3 Å². The number of amides is 1. The van der Waals surface area contributed by atoms with Crippen molar-refractivity contribution in [2.45, 2.75) is 24.8 Å². The van der Waals surface area contributed by atoms with Crippen LogP contribution in [0.3, 0.4) is 0 Å². The second kappa shape index (κ2) is 2.44. The Morgan fingerprint density at radius 2 is 2.20 bits per heavy atom. The fourth-order valence-corrected chi connectivity index (χ4v) is 1.08. The lowest BCUT2D eigenvalue weighted by atomic mass is 9.77. The lowest BCUT2D eigenvalue weighted by molar-refractivity contribution is -0.115. The molecule has 0 unspecified atom stereocenters. The van der Waals surface area contributed by atoms with Crippen molar-refractivity contribution in [3.8, 4) is 0 Å². The van der Waals surface area contributed by atoms with Crippen molar-refractivity contribution < 1.29 is 9.59 Å². The average Bonchev–Trinajstić information content (AvgIpc) is 1.78. The van der Waals surface area contributed by atoms with Gasteiger partial charge in [-0.15, -0.1) is 0 Å². The lowest BCUT2D eigenvalue weighted by Gasteiger charge is -2.37. The van der Waals surface area contributed by atoms with Gasteiger partial charge in [-0.05, 0) is 19.3 Å². The normalized spacial score (nSPS) is 20.8. The first kappa shape index (κ1) is 7.31. The van der Waals surface area contributed by atoms with Crippen LogP contribution in [-0.2, 0) is 4.79 Å². The van der Waals surface area contributed by atoms with Gasteiger partial charge in [0.05, 0.1) is 5.54 Å². The number of carbonyl (C=O) groups is 2. The average molecular weight is 137 g/mol. The summed E-state index contributed by atoms with van der Waals surface area (Å²) in [5.41, 5.74) is -0.619. The highest BCUT2D eigenvalue weighted by molar-refractivity contribution is 6.57. The Morgan fingerprint density at radius 1 is 1.60 bits per heavy atom. The fourth-order valence-electron chi connectivity index (χ4n) is 1.08. The second-order valence-corrected chi connectivity index (χ2v) is 2.62. The molecular weight excluding hydrogens is 129 g/mol. The summed E-state index contributed by atoms with van der Waals surface area (Å²) in [6.07, 6.45) is 3.19. The molecule has 1 N–H and O–H groups in total. The summed E-state index contributed by atoms with van der Waals surface area (Å²) < 4.78 is 0. The van der Waals surface area contributed by atoms with E-state index in [-0.39, 0.29) is 0 Å². The van der Waals surface area contributed by atoms with E-state index in [0.717, 1.165) is 25.5 Å². The van der Waals surface area contributed by atoms with Gasteiger partial charge in [0, 0.05) is 0 Å². The first-order valence-corrected chi connectivity index (χ1v) is 3.22. The van der Waals surface area contributed by atoms with Gasteiger partial charge in [0.2, 0.25) is 7.85 Å². The molecule has 2 radical (unpaired) electrons. The lowest BCUT2D eigenvalue weighted by Crippen LogP contribution is -2.54. The smallest absolute Gasteiger partial charge is 0.200 e. The number of aldehydes is 1. The molecule has 0 bridgehead atoms. The first-order valence-electron chi connectivity index (χ1n) is 3.22. The molecule has 0 saturated heterocycles. The Morgan fingerprint density at radius 3 is 2.30 bits per heavy atom. The van der Waals surface area contributed by atoms with Crippen molar-refractivity contribution in [3.63, 3.8) is 0 Å². The van der Waals surface area contributed by atoms with Crippen molar-refractivity contribution in [1.82, 2.24) is 5.32 Å². The highest BCUT2D eigenvalue weighted by atomic mass is 16.1. The van der Waals surface area contributed by atoms with E-state index in [9.17, 15) is 9.59 Å². The van der Waals surface area contributed by atoms with Crippen LogP contribution in [0.1, 0.15) is 19.3 Å². The molecule has 10 heavy (non-hydrogen) atoms. The minimum Gasteiger partial charge on any atom is -0.354 e. The molecule has 1 saturated carbocycles. The molecule has 0 spiro atoms. The van der Waals surface area contributed by atoms with Gasteiger partial charge in [-0.1, -0.05) is 0 Å². The summed E-state index contributed by atoms with van der Waals surface area (Å²) in [7, 11) is 4.85. The van der Waals surface area contributed by atoms with Crippen molar-refractivity contribution in [1.29, 1.82) is 0 Å². The van der Waals surface area contributed by atoms with Gasteiger partial charge in [0.1, 0.15) is 6.29 Å². The van der Waals surface area contributed by atoms with Crippen LogP contribution in [0.25, 0.3) is 0 Å². The standard InChI is InChI=1S/C6H8BNO2/c7-5(10)8-6(4-9)2-1-3-6/h4H,1-3H2,(H,8,10). The van der Waals surface area contributed by atoms with Crippen molar-refractivity contribution in [3.05, 3.63) is 0 Å². The van der Waals surface area contributed by atoms with Gasteiger partial charge >= 0.3 is 0 Å². The molecule has 1 amide bonds. The zero-order chi connectivity index (χ0) is 7.61. The van der Waals surface area contributed by atoms with E-state index in [4.69, 9.17) is 7.85 Å². The molecule has 1 aliphatic carbocycles. The van der Waals surface area contributed by atoms with E-state index in [2.05, 4.69) is 5.32 Å². The van der Waals surface area contributed by atoms with E-state index in [1.165, 1.54) is 0 Å². The Balaban J connectivity index is 2.48. The molecule has 0 aromatic heterocycles. The third-order valence-electron chi connectivity index (χ3n) is 1.84. The van der Waals surface area contributed by atoms with Gasteiger partial charge in [0.15, 0.2) is 5.81 Å². The molecule has 0 atom stereocenters. The highest BCUT2D eigenvalue weighted by Crippen LogP contribution is 2.29. The predicted molar refractivity (Wildman–Crippen MR) is 36.9 cm³/mol. The summed E-state index contributed by atoms with van der Waals surface area (Å²) in [5, 5.41) is 2.41. The van der Waals surface area contributed by atoms with E-state index in [1.54, 1.807) is 0 Å². The largest absolute Gasteiger partial charge is 0.354 e.